The van der Waals surface area contributed by atoms with E-state index in [1.165, 1.54) is 12.1 Å². The molecule has 8 nitrogen and oxygen atoms in total. The summed E-state index contributed by atoms with van der Waals surface area (Å²) in [6.07, 6.45) is 2.06. The highest BCUT2D eigenvalue weighted by Gasteiger charge is 2.48. The van der Waals surface area contributed by atoms with Crippen molar-refractivity contribution in [1.82, 2.24) is 4.98 Å². The molecule has 0 radical (unpaired) electrons. The number of carbonyl (C=O) groups excluding carboxylic acids is 3. The third-order valence-electron chi connectivity index (χ3n) is 6.38. The molecule has 0 saturated carbocycles. The van der Waals surface area contributed by atoms with Gasteiger partial charge in [-0.1, -0.05) is 53.3 Å². The molecule has 11 heteroatoms. The lowest BCUT2D eigenvalue weighted by molar-refractivity contribution is -0.132. The highest BCUT2D eigenvalue weighted by Crippen LogP contribution is 2.45. The molecule has 2 aromatic carbocycles. The molecule has 2 aliphatic rings. The van der Waals surface area contributed by atoms with Crippen LogP contribution in [0.2, 0.25) is 10.0 Å². The van der Waals surface area contributed by atoms with Crippen molar-refractivity contribution < 1.29 is 29.0 Å². The van der Waals surface area contributed by atoms with Crippen molar-refractivity contribution in [3.63, 3.8) is 0 Å². The number of carbonyl (C=O) groups is 3. The van der Waals surface area contributed by atoms with E-state index in [1.54, 1.807) is 37.3 Å². The van der Waals surface area contributed by atoms with Crippen molar-refractivity contribution in [2.24, 2.45) is 0 Å². The number of thiazole rings is 1. The van der Waals surface area contributed by atoms with Crippen molar-refractivity contribution in [1.29, 1.82) is 0 Å². The minimum Gasteiger partial charge on any atom is -0.507 e. The van der Waals surface area contributed by atoms with Gasteiger partial charge in [0.25, 0.3) is 5.78 Å². The fourth-order valence-electron chi connectivity index (χ4n) is 4.63. The molecular formula is C28H22Cl2N2O6S. The van der Waals surface area contributed by atoms with Crippen LogP contribution >= 0.6 is 34.5 Å². The van der Waals surface area contributed by atoms with Crippen LogP contribution in [0.4, 0.5) is 5.13 Å². The summed E-state index contributed by atoms with van der Waals surface area (Å²) in [6.45, 7) is 7.07. The molecule has 1 N–H and O–H groups in total. The number of aryl methyl sites for hydroxylation is 1. The molecule has 3 aromatic rings. The molecule has 1 saturated heterocycles. The molecule has 200 valence electrons. The number of hydrogen-bond acceptors (Lipinski definition) is 8. The van der Waals surface area contributed by atoms with E-state index in [0.717, 1.165) is 21.8 Å². The fourth-order valence-corrected chi connectivity index (χ4v) is 5.92. The van der Waals surface area contributed by atoms with Crippen LogP contribution in [0.3, 0.4) is 0 Å². The van der Waals surface area contributed by atoms with Crippen LogP contribution in [-0.4, -0.2) is 40.5 Å². The zero-order valence-electron chi connectivity index (χ0n) is 20.9. The number of ketones is 1. The van der Waals surface area contributed by atoms with Crippen LogP contribution in [0.5, 0.6) is 5.75 Å². The van der Waals surface area contributed by atoms with Crippen molar-refractivity contribution >= 4 is 63.1 Å². The van der Waals surface area contributed by atoms with E-state index < -0.39 is 23.7 Å². The molecule has 2 atom stereocenters. The van der Waals surface area contributed by atoms with E-state index >= 15 is 0 Å². The van der Waals surface area contributed by atoms with Gasteiger partial charge in [-0.15, -0.1) is 0 Å². The monoisotopic (exact) mass is 584 g/mol. The Bertz CT molecular complexity index is 1580. The largest absolute Gasteiger partial charge is 0.507 e. The van der Waals surface area contributed by atoms with E-state index in [9.17, 15) is 19.5 Å². The number of halogens is 2. The maximum Gasteiger partial charge on any atom is 0.350 e. The smallest absolute Gasteiger partial charge is 0.350 e. The topological polar surface area (TPSA) is 106 Å². The number of aliphatic hydroxyl groups is 1. The lowest BCUT2D eigenvalue weighted by atomic mass is 9.94. The Balaban J connectivity index is 1.66. The van der Waals surface area contributed by atoms with Gasteiger partial charge in [-0.2, -0.15) is 0 Å². The number of benzene rings is 2. The van der Waals surface area contributed by atoms with Crippen LogP contribution in [0, 0.1) is 6.92 Å². The Morgan fingerprint density at radius 2 is 2.03 bits per heavy atom. The van der Waals surface area contributed by atoms with E-state index in [0.29, 0.717) is 29.0 Å². The molecule has 2 unspecified atom stereocenters. The maximum atomic E-state index is 13.5. The summed E-state index contributed by atoms with van der Waals surface area (Å²) >= 11 is 13.3. The van der Waals surface area contributed by atoms with Crippen LogP contribution in [0.15, 0.2) is 54.6 Å². The Labute approximate surface area is 238 Å². The minimum atomic E-state index is -1.09. The van der Waals surface area contributed by atoms with Crippen molar-refractivity contribution in [2.75, 3.05) is 11.5 Å². The summed E-state index contributed by atoms with van der Waals surface area (Å²) < 4.78 is 10.9. The molecule has 1 amide bonds. The Morgan fingerprint density at radius 1 is 1.26 bits per heavy atom. The van der Waals surface area contributed by atoms with Gasteiger partial charge >= 0.3 is 11.9 Å². The number of esters is 1. The number of aromatic nitrogens is 1. The molecular weight excluding hydrogens is 563 g/mol. The number of hydrogen-bond donors (Lipinski definition) is 1. The van der Waals surface area contributed by atoms with Gasteiger partial charge in [0, 0.05) is 12.0 Å². The molecule has 1 fully saturated rings. The highest BCUT2D eigenvalue weighted by molar-refractivity contribution is 7.17. The average molecular weight is 585 g/mol. The number of aliphatic hydroxyl groups excluding tert-OH is 1. The van der Waals surface area contributed by atoms with E-state index in [2.05, 4.69) is 11.6 Å². The second kappa shape index (κ2) is 10.5. The molecule has 0 aliphatic carbocycles. The van der Waals surface area contributed by atoms with Crippen LogP contribution in [0.25, 0.3) is 5.76 Å². The molecule has 3 heterocycles. The van der Waals surface area contributed by atoms with Crippen molar-refractivity contribution in [3.8, 4) is 5.75 Å². The van der Waals surface area contributed by atoms with Gasteiger partial charge in [-0.3, -0.25) is 14.5 Å². The summed E-state index contributed by atoms with van der Waals surface area (Å²) in [5.74, 6) is -2.10. The van der Waals surface area contributed by atoms with E-state index in [-0.39, 0.29) is 44.1 Å². The zero-order valence-corrected chi connectivity index (χ0v) is 23.2. The number of Topliss-reactive ketones (excluding diaryl/α,β-unsaturated/α-hetero) is 1. The summed E-state index contributed by atoms with van der Waals surface area (Å²) in [7, 11) is 0. The highest BCUT2D eigenvalue weighted by atomic mass is 35.5. The minimum absolute atomic E-state index is 0.00386. The van der Waals surface area contributed by atoms with Crippen LogP contribution in [0.1, 0.15) is 45.0 Å². The lowest BCUT2D eigenvalue weighted by Gasteiger charge is -2.23. The Kier molecular flexibility index (Phi) is 7.24. The molecule has 39 heavy (non-hydrogen) atoms. The Morgan fingerprint density at radius 3 is 2.74 bits per heavy atom. The van der Waals surface area contributed by atoms with Gasteiger partial charge < -0.3 is 14.6 Å². The first-order chi connectivity index (χ1) is 18.6. The van der Waals surface area contributed by atoms with Gasteiger partial charge in [0.1, 0.15) is 29.1 Å². The predicted molar refractivity (Wildman–Crippen MR) is 149 cm³/mol. The quantitative estimate of drug-likeness (QED) is 0.123. The van der Waals surface area contributed by atoms with E-state index in [4.69, 9.17) is 32.7 Å². The first kappa shape index (κ1) is 26.9. The number of rotatable bonds is 6. The normalized spacial score (nSPS) is 19.6. The van der Waals surface area contributed by atoms with Gasteiger partial charge in [0.05, 0.1) is 27.4 Å². The molecule has 0 bridgehead atoms. The predicted octanol–water partition coefficient (Wildman–Crippen LogP) is 6.05. The molecule has 5 rings (SSSR count). The summed E-state index contributed by atoms with van der Waals surface area (Å²) in [4.78, 5) is 45.2. The standard InChI is InChI=1S/C28H22Cl2N2O6S/c1-4-9-37-27(36)25-14(3)31-28(39-25)32-22(15-5-7-18(29)19(30)12-15)21(24(34)26(32)35)23(33)16-6-8-20-17(11-16)10-13(2)38-20/h4-8,11-13,22,33H,1,9-10H2,2-3H3. The first-order valence-corrected chi connectivity index (χ1v) is 13.5. The number of anilines is 1. The fraction of sp³-hybridized carbons (Fsp3) is 0.214. The second-order valence-corrected chi connectivity index (χ2v) is 10.9. The van der Waals surface area contributed by atoms with Gasteiger partial charge in [0.15, 0.2) is 5.13 Å². The Hall–Kier alpha value is -3.66. The summed E-state index contributed by atoms with van der Waals surface area (Å²) in [5, 5.41) is 12.0. The number of fused-ring (bicyclic) bond motifs is 1. The van der Waals surface area contributed by atoms with Crippen LogP contribution in [-0.2, 0) is 20.7 Å². The second-order valence-electron chi connectivity index (χ2n) is 9.10. The van der Waals surface area contributed by atoms with Crippen LogP contribution < -0.4 is 9.64 Å². The number of nitrogens with zero attached hydrogens (tertiary/aromatic N) is 2. The van der Waals surface area contributed by atoms with E-state index in [1.807, 2.05) is 6.92 Å². The third-order valence-corrected chi connectivity index (χ3v) is 8.26. The average Bonchev–Trinajstić information content (AvgIpc) is 3.55. The van der Waals surface area contributed by atoms with Crippen molar-refractivity contribution in [3.05, 3.63) is 91.9 Å². The third kappa shape index (κ3) is 4.82. The summed E-state index contributed by atoms with van der Waals surface area (Å²) in [5.41, 5.74) is 1.84. The summed E-state index contributed by atoms with van der Waals surface area (Å²) in [6, 6.07) is 8.69. The zero-order chi connectivity index (χ0) is 28.0. The maximum absolute atomic E-state index is 13.5. The lowest BCUT2D eigenvalue weighted by Crippen LogP contribution is -2.29. The van der Waals surface area contributed by atoms with Crippen molar-refractivity contribution in [2.45, 2.75) is 32.4 Å². The number of ether oxygens (including phenoxy) is 2. The van der Waals surface area contributed by atoms with Gasteiger partial charge in [-0.25, -0.2) is 9.78 Å². The van der Waals surface area contributed by atoms with Gasteiger partial charge in [0.2, 0.25) is 0 Å². The van der Waals surface area contributed by atoms with Gasteiger partial charge in [-0.05, 0) is 55.3 Å². The molecule has 1 aromatic heterocycles. The molecule has 0 spiro atoms. The SMILES string of the molecule is C=CCOC(=O)c1sc(N2C(=O)C(=O)C(=C(O)c3ccc4c(c3)CC(C)O4)C2c2ccc(Cl)c(Cl)c2)nc1C. The molecule has 2 aliphatic heterocycles. The number of amides is 1. The first-order valence-electron chi connectivity index (χ1n) is 11.9.